The van der Waals surface area contributed by atoms with Gasteiger partial charge in [0.15, 0.2) is 0 Å². The number of hydrogen-bond donors (Lipinski definition) is 2. The van der Waals surface area contributed by atoms with E-state index in [1.807, 2.05) is 7.05 Å². The molecule has 0 spiro atoms. The topological polar surface area (TPSA) is 58.5 Å². The molecule has 1 aromatic heterocycles. The van der Waals surface area contributed by atoms with E-state index in [4.69, 9.17) is 10.2 Å². The van der Waals surface area contributed by atoms with Crippen LogP contribution in [0.5, 0.6) is 0 Å². The lowest BCUT2D eigenvalue weighted by Crippen LogP contribution is -2.23. The number of aryl methyl sites for hydroxylation is 2. The van der Waals surface area contributed by atoms with Crippen LogP contribution in [0.4, 0.5) is 0 Å². The minimum atomic E-state index is 0.0278. The minimum Gasteiger partial charge on any atom is -0.394 e. The highest BCUT2D eigenvalue weighted by atomic mass is 16.5. The zero-order valence-corrected chi connectivity index (χ0v) is 10.9. The minimum absolute atomic E-state index is 0.0278. The summed E-state index contributed by atoms with van der Waals surface area (Å²) >= 11 is 0. The van der Waals surface area contributed by atoms with Crippen LogP contribution in [0, 0.1) is 0 Å². The van der Waals surface area contributed by atoms with Crippen LogP contribution in [0.2, 0.25) is 0 Å². The molecular weight excluding hydrogens is 220 g/mol. The quantitative estimate of drug-likeness (QED) is 0.529. The van der Waals surface area contributed by atoms with Crippen LogP contribution in [0.1, 0.15) is 19.8 Å². The van der Waals surface area contributed by atoms with Crippen LogP contribution in [0.15, 0.2) is 18.7 Å². The molecule has 0 amide bonds. The highest BCUT2D eigenvalue weighted by molar-refractivity contribution is 4.65. The lowest BCUT2D eigenvalue weighted by Gasteiger charge is -1.94. The molecule has 1 rings (SSSR count). The normalized spacial score (nSPS) is 9.88. The SMILES string of the molecule is CCCCn1cc[n+](C)c1.OCCOCCO. The molecular formula is C12H25N2O3+. The Morgan fingerprint density at radius 2 is 1.88 bits per heavy atom. The maximum Gasteiger partial charge on any atom is 0.243 e. The van der Waals surface area contributed by atoms with Crippen LogP contribution in [0.3, 0.4) is 0 Å². The van der Waals surface area contributed by atoms with Gasteiger partial charge >= 0.3 is 0 Å². The number of nitrogens with zero attached hydrogens (tertiary/aromatic N) is 2. The number of ether oxygens (including phenoxy) is 1. The highest BCUT2D eigenvalue weighted by Crippen LogP contribution is 1.91. The third kappa shape index (κ3) is 9.99. The fourth-order valence-electron chi connectivity index (χ4n) is 1.21. The molecule has 0 atom stereocenters. The fraction of sp³-hybridized carbons (Fsp3) is 0.750. The van der Waals surface area contributed by atoms with Crippen LogP contribution in [-0.4, -0.2) is 41.2 Å². The van der Waals surface area contributed by atoms with Gasteiger partial charge in [0.25, 0.3) is 0 Å². The van der Waals surface area contributed by atoms with Crippen molar-refractivity contribution in [1.29, 1.82) is 0 Å². The van der Waals surface area contributed by atoms with Crippen molar-refractivity contribution in [2.45, 2.75) is 26.3 Å². The van der Waals surface area contributed by atoms with Crippen molar-refractivity contribution in [3.8, 4) is 0 Å². The average Bonchev–Trinajstić information content (AvgIpc) is 2.74. The van der Waals surface area contributed by atoms with Gasteiger partial charge in [-0.25, -0.2) is 9.13 Å². The molecule has 5 heteroatoms. The molecule has 2 N–H and O–H groups in total. The van der Waals surface area contributed by atoms with Crippen molar-refractivity contribution in [3.63, 3.8) is 0 Å². The van der Waals surface area contributed by atoms with Crippen LogP contribution < -0.4 is 4.57 Å². The van der Waals surface area contributed by atoms with Gasteiger partial charge in [0.05, 0.1) is 40.0 Å². The second kappa shape index (κ2) is 11.6. The Labute approximate surface area is 103 Å². The molecule has 100 valence electrons. The highest BCUT2D eigenvalue weighted by Gasteiger charge is 1.96. The number of imidazole rings is 1. The maximum atomic E-state index is 8.09. The first-order chi connectivity index (χ1) is 8.24. The molecule has 5 nitrogen and oxygen atoms in total. The van der Waals surface area contributed by atoms with E-state index in [0.29, 0.717) is 13.2 Å². The summed E-state index contributed by atoms with van der Waals surface area (Å²) in [6.07, 6.45) is 8.82. The second-order valence-corrected chi connectivity index (χ2v) is 3.73. The van der Waals surface area contributed by atoms with E-state index in [-0.39, 0.29) is 13.2 Å². The van der Waals surface area contributed by atoms with Crippen molar-refractivity contribution >= 4 is 0 Å². The monoisotopic (exact) mass is 245 g/mol. The van der Waals surface area contributed by atoms with E-state index >= 15 is 0 Å². The number of unbranched alkanes of at least 4 members (excludes halogenated alkanes) is 1. The largest absolute Gasteiger partial charge is 0.394 e. The molecule has 0 saturated heterocycles. The van der Waals surface area contributed by atoms with E-state index in [1.165, 1.54) is 12.8 Å². The van der Waals surface area contributed by atoms with Crippen molar-refractivity contribution in [2.75, 3.05) is 26.4 Å². The Hall–Kier alpha value is -0.910. The van der Waals surface area contributed by atoms with Gasteiger partial charge in [0.2, 0.25) is 6.33 Å². The zero-order chi connectivity index (χ0) is 12.9. The summed E-state index contributed by atoms with van der Waals surface area (Å²) in [5.41, 5.74) is 0. The van der Waals surface area contributed by atoms with Gasteiger partial charge in [-0.1, -0.05) is 13.3 Å². The van der Waals surface area contributed by atoms with Gasteiger partial charge < -0.3 is 14.9 Å². The van der Waals surface area contributed by atoms with E-state index in [9.17, 15) is 0 Å². The van der Waals surface area contributed by atoms with Crippen molar-refractivity contribution in [3.05, 3.63) is 18.7 Å². The van der Waals surface area contributed by atoms with Crippen LogP contribution in [0.25, 0.3) is 0 Å². The van der Waals surface area contributed by atoms with Crippen LogP contribution in [-0.2, 0) is 18.3 Å². The first kappa shape index (κ1) is 16.1. The Morgan fingerprint density at radius 1 is 1.24 bits per heavy atom. The molecule has 0 fully saturated rings. The summed E-state index contributed by atoms with van der Waals surface area (Å²) in [5, 5.41) is 16.2. The standard InChI is InChI=1S/C8H15N2.C4H10O3/c1-3-4-5-10-7-6-9(2)8-10;5-1-3-7-4-2-6/h6-8H,3-5H2,1-2H3;5-6H,1-4H2/q+1;. The molecule has 0 saturated carbocycles. The first-order valence-corrected chi connectivity index (χ1v) is 6.05. The van der Waals surface area contributed by atoms with Crippen molar-refractivity contribution in [2.24, 2.45) is 7.05 Å². The average molecular weight is 245 g/mol. The van der Waals surface area contributed by atoms with Crippen LogP contribution >= 0.6 is 0 Å². The van der Waals surface area contributed by atoms with Gasteiger partial charge in [-0.2, -0.15) is 0 Å². The molecule has 0 radical (unpaired) electrons. The molecule has 0 unspecified atom stereocenters. The van der Waals surface area contributed by atoms with Gasteiger partial charge in [0.1, 0.15) is 12.4 Å². The molecule has 0 bridgehead atoms. The predicted molar refractivity (Wildman–Crippen MR) is 65.5 cm³/mol. The molecule has 0 aromatic carbocycles. The molecule has 1 heterocycles. The fourth-order valence-corrected chi connectivity index (χ4v) is 1.21. The summed E-state index contributed by atoms with van der Waals surface area (Å²) in [7, 11) is 2.04. The predicted octanol–water partition coefficient (Wildman–Crippen LogP) is 0.100. The number of hydrogen-bond acceptors (Lipinski definition) is 3. The number of rotatable bonds is 7. The van der Waals surface area contributed by atoms with Crippen molar-refractivity contribution in [1.82, 2.24) is 4.57 Å². The van der Waals surface area contributed by atoms with Gasteiger partial charge in [-0.3, -0.25) is 0 Å². The molecule has 0 aliphatic carbocycles. The lowest BCUT2D eigenvalue weighted by molar-refractivity contribution is -0.671. The third-order valence-corrected chi connectivity index (χ3v) is 2.06. The zero-order valence-electron chi connectivity index (χ0n) is 10.9. The molecule has 17 heavy (non-hydrogen) atoms. The Kier molecular flexibility index (Phi) is 11.0. The lowest BCUT2D eigenvalue weighted by atomic mass is 10.3. The Balaban J connectivity index is 0.000000325. The van der Waals surface area contributed by atoms with Gasteiger partial charge in [-0.15, -0.1) is 0 Å². The first-order valence-electron chi connectivity index (χ1n) is 6.05. The summed E-state index contributed by atoms with van der Waals surface area (Å²) < 4.78 is 8.91. The number of aromatic nitrogens is 2. The summed E-state index contributed by atoms with van der Waals surface area (Å²) in [5.74, 6) is 0. The van der Waals surface area contributed by atoms with E-state index in [2.05, 4.69) is 39.5 Å². The summed E-state index contributed by atoms with van der Waals surface area (Å²) in [4.78, 5) is 0. The Morgan fingerprint density at radius 3 is 2.29 bits per heavy atom. The number of aliphatic hydroxyl groups excluding tert-OH is 2. The number of aliphatic hydroxyl groups is 2. The smallest absolute Gasteiger partial charge is 0.243 e. The molecule has 1 aromatic rings. The molecule has 0 aliphatic heterocycles. The van der Waals surface area contributed by atoms with E-state index in [0.717, 1.165) is 6.54 Å². The summed E-state index contributed by atoms with van der Waals surface area (Å²) in [6, 6.07) is 0. The van der Waals surface area contributed by atoms with E-state index < -0.39 is 0 Å². The maximum absolute atomic E-state index is 8.09. The summed E-state index contributed by atoms with van der Waals surface area (Å²) in [6.45, 7) is 4.06. The van der Waals surface area contributed by atoms with Gasteiger partial charge in [-0.05, 0) is 6.42 Å². The van der Waals surface area contributed by atoms with E-state index in [1.54, 1.807) is 0 Å². The van der Waals surface area contributed by atoms with Crippen molar-refractivity contribution < 1.29 is 19.5 Å². The van der Waals surface area contributed by atoms with Gasteiger partial charge in [0, 0.05) is 0 Å². The Bertz CT molecular complexity index is 260. The molecule has 0 aliphatic rings. The third-order valence-electron chi connectivity index (χ3n) is 2.06. The second-order valence-electron chi connectivity index (χ2n) is 3.73.